The van der Waals surface area contributed by atoms with Crippen LogP contribution in [0.15, 0.2) is 76.1 Å². The lowest BCUT2D eigenvalue weighted by Crippen LogP contribution is -2.18. The van der Waals surface area contributed by atoms with Gasteiger partial charge < -0.3 is 9.40 Å². The van der Waals surface area contributed by atoms with Crippen LogP contribution in [-0.4, -0.2) is 14.5 Å². The maximum Gasteiger partial charge on any atom is 0.278 e. The van der Waals surface area contributed by atoms with Crippen LogP contribution in [0.1, 0.15) is 28.5 Å². The van der Waals surface area contributed by atoms with E-state index in [4.69, 9.17) is 4.42 Å². The minimum absolute atomic E-state index is 0.239. The molecule has 1 N–H and O–H groups in total. The summed E-state index contributed by atoms with van der Waals surface area (Å²) in [5, 5.41) is 0. The third kappa shape index (κ3) is 3.73. The minimum atomic E-state index is -0.418. The highest BCUT2D eigenvalue weighted by molar-refractivity contribution is 5.61. The number of hydrogen-bond acceptors (Lipinski definition) is 3. The van der Waals surface area contributed by atoms with E-state index in [1.807, 2.05) is 19.1 Å². The summed E-state index contributed by atoms with van der Waals surface area (Å²) in [6.45, 7) is 1.83. The Morgan fingerprint density at radius 3 is 2.62 bits per heavy atom. The zero-order valence-electron chi connectivity index (χ0n) is 17.2. The molecular formula is C25H19F2N3O2. The number of imidazole rings is 1. The lowest BCUT2D eigenvalue weighted by atomic mass is 10.1. The molecule has 7 heteroatoms. The minimum Gasteiger partial charge on any atom is -0.466 e. The fourth-order valence-electron chi connectivity index (χ4n) is 3.83. The molecule has 1 aromatic heterocycles. The number of aromatic amines is 1. The number of furan rings is 1. The lowest BCUT2D eigenvalue weighted by Gasteiger charge is -2.13. The van der Waals surface area contributed by atoms with Crippen LogP contribution in [0, 0.1) is 18.6 Å². The van der Waals surface area contributed by atoms with Crippen molar-refractivity contribution < 1.29 is 13.2 Å². The molecular weight excluding hydrogens is 412 g/mol. The molecule has 5 rings (SSSR count). The second-order valence-electron chi connectivity index (χ2n) is 7.68. The number of nitrogens with zero attached hydrogens (tertiary/aromatic N) is 2. The van der Waals surface area contributed by atoms with Gasteiger partial charge in [0.2, 0.25) is 0 Å². The van der Waals surface area contributed by atoms with Gasteiger partial charge in [-0.3, -0.25) is 9.36 Å². The van der Waals surface area contributed by atoms with Crippen LogP contribution >= 0.6 is 0 Å². The Hall–Kier alpha value is -4.00. The summed E-state index contributed by atoms with van der Waals surface area (Å²) in [4.78, 5) is 20.9. The first-order valence-electron chi connectivity index (χ1n) is 10.2. The van der Waals surface area contributed by atoms with Gasteiger partial charge in [-0.25, -0.2) is 13.8 Å². The predicted octanol–water partition coefficient (Wildman–Crippen LogP) is 5.03. The molecule has 0 saturated carbocycles. The summed E-state index contributed by atoms with van der Waals surface area (Å²) >= 11 is 0. The molecule has 0 saturated heterocycles. The van der Waals surface area contributed by atoms with E-state index < -0.39 is 5.82 Å². The lowest BCUT2D eigenvalue weighted by molar-refractivity contribution is 0.491. The molecule has 0 radical (unpaired) electrons. The van der Waals surface area contributed by atoms with Gasteiger partial charge in [0.15, 0.2) is 5.82 Å². The van der Waals surface area contributed by atoms with Gasteiger partial charge in [-0.2, -0.15) is 0 Å². The number of H-pyrrole nitrogens is 1. The van der Waals surface area contributed by atoms with E-state index in [-0.39, 0.29) is 17.8 Å². The smallest absolute Gasteiger partial charge is 0.278 e. The van der Waals surface area contributed by atoms with Crippen molar-refractivity contribution in [2.45, 2.75) is 19.8 Å². The van der Waals surface area contributed by atoms with Gasteiger partial charge >= 0.3 is 0 Å². The van der Waals surface area contributed by atoms with E-state index in [9.17, 15) is 13.6 Å². The fourth-order valence-corrected chi connectivity index (χ4v) is 3.83. The number of rotatable bonds is 5. The van der Waals surface area contributed by atoms with Crippen molar-refractivity contribution in [3.63, 3.8) is 0 Å². The van der Waals surface area contributed by atoms with Gasteiger partial charge in [0.25, 0.3) is 5.56 Å². The molecule has 2 aliphatic rings. The molecule has 32 heavy (non-hydrogen) atoms. The van der Waals surface area contributed by atoms with Crippen molar-refractivity contribution in [2.75, 3.05) is 0 Å². The Bertz CT molecular complexity index is 1450. The summed E-state index contributed by atoms with van der Waals surface area (Å²) in [6.07, 6.45) is 2.08. The second kappa shape index (κ2) is 7.92. The molecule has 0 amide bonds. The first kappa shape index (κ1) is 19.9. The zero-order valence-corrected chi connectivity index (χ0v) is 17.2. The van der Waals surface area contributed by atoms with Crippen molar-refractivity contribution in [2.24, 2.45) is 0 Å². The van der Waals surface area contributed by atoms with E-state index in [2.05, 4.69) is 9.97 Å². The quantitative estimate of drug-likeness (QED) is 0.425. The van der Waals surface area contributed by atoms with Crippen molar-refractivity contribution in [1.29, 1.82) is 0 Å². The highest BCUT2D eigenvalue weighted by Crippen LogP contribution is 2.25. The van der Waals surface area contributed by atoms with Gasteiger partial charge in [0, 0.05) is 18.2 Å². The number of aryl methyl sites for hydroxylation is 1. The van der Waals surface area contributed by atoms with Crippen LogP contribution < -0.4 is 5.56 Å². The van der Waals surface area contributed by atoms with Crippen molar-refractivity contribution in [3.8, 4) is 17.1 Å². The van der Waals surface area contributed by atoms with E-state index in [0.29, 0.717) is 46.2 Å². The largest absolute Gasteiger partial charge is 0.466 e. The Kier molecular flexibility index (Phi) is 4.93. The highest BCUT2D eigenvalue weighted by atomic mass is 19.1. The molecule has 160 valence electrons. The van der Waals surface area contributed by atoms with E-state index in [1.165, 1.54) is 22.8 Å². The van der Waals surface area contributed by atoms with Gasteiger partial charge in [0.1, 0.15) is 28.8 Å². The molecule has 0 fully saturated rings. The van der Waals surface area contributed by atoms with Gasteiger partial charge in [-0.05, 0) is 48.9 Å². The number of hydrogen-bond donors (Lipinski definition) is 1. The summed E-state index contributed by atoms with van der Waals surface area (Å²) < 4.78 is 35.3. The molecule has 2 aromatic carbocycles. The zero-order chi connectivity index (χ0) is 22.2. The molecule has 0 atom stereocenters. The molecule has 0 unspecified atom stereocenters. The van der Waals surface area contributed by atoms with Crippen LogP contribution in [0.25, 0.3) is 17.1 Å². The van der Waals surface area contributed by atoms with E-state index in [1.54, 1.807) is 36.5 Å². The number of fused-ring (bicyclic) bond motifs is 1. The van der Waals surface area contributed by atoms with Crippen LogP contribution in [0.3, 0.4) is 0 Å². The number of benzene rings is 2. The normalized spacial score (nSPS) is 11.3. The van der Waals surface area contributed by atoms with Crippen molar-refractivity contribution in [1.82, 2.24) is 14.5 Å². The maximum atomic E-state index is 14.5. The summed E-state index contributed by atoms with van der Waals surface area (Å²) in [6, 6.07) is 16.2. The Morgan fingerprint density at radius 1 is 1.03 bits per heavy atom. The van der Waals surface area contributed by atoms with Crippen LogP contribution in [-0.2, 0) is 12.8 Å². The monoisotopic (exact) mass is 431 g/mol. The van der Waals surface area contributed by atoms with E-state index in [0.717, 1.165) is 5.76 Å². The first-order chi connectivity index (χ1) is 15.5. The molecule has 3 heterocycles. The third-order valence-electron chi connectivity index (χ3n) is 5.32. The molecule has 2 aliphatic heterocycles. The fraction of sp³-hybridized carbons (Fsp3) is 0.120. The predicted molar refractivity (Wildman–Crippen MR) is 116 cm³/mol. The van der Waals surface area contributed by atoms with Gasteiger partial charge in [-0.1, -0.05) is 24.3 Å². The van der Waals surface area contributed by atoms with Crippen LogP contribution in [0.5, 0.6) is 0 Å². The third-order valence-corrected chi connectivity index (χ3v) is 5.32. The summed E-state index contributed by atoms with van der Waals surface area (Å²) in [5.74, 6) is 1.02. The number of nitrogens with one attached hydrogen (secondary N) is 1. The Morgan fingerprint density at radius 2 is 1.88 bits per heavy atom. The second-order valence-corrected chi connectivity index (χ2v) is 7.68. The number of aromatic nitrogens is 3. The first-order valence-corrected chi connectivity index (χ1v) is 10.2. The Balaban J connectivity index is 1.67. The topological polar surface area (TPSA) is 63.8 Å². The average molecular weight is 431 g/mol. The maximum absolute atomic E-state index is 14.5. The molecule has 0 bridgehead atoms. The van der Waals surface area contributed by atoms with Gasteiger partial charge in [-0.15, -0.1) is 0 Å². The molecule has 3 aromatic rings. The van der Waals surface area contributed by atoms with E-state index >= 15 is 0 Å². The summed E-state index contributed by atoms with van der Waals surface area (Å²) in [7, 11) is 0. The van der Waals surface area contributed by atoms with Crippen LogP contribution in [0.4, 0.5) is 8.78 Å². The Labute approximate surface area is 182 Å². The van der Waals surface area contributed by atoms with Crippen LogP contribution in [0.2, 0.25) is 0 Å². The van der Waals surface area contributed by atoms with Crippen molar-refractivity contribution >= 4 is 0 Å². The van der Waals surface area contributed by atoms with Crippen molar-refractivity contribution in [3.05, 3.63) is 117 Å². The average Bonchev–Trinajstić information content (AvgIpc) is 3.32. The summed E-state index contributed by atoms with van der Waals surface area (Å²) in [5.41, 5.74) is 2.05. The molecule has 0 spiro atoms. The van der Waals surface area contributed by atoms with Gasteiger partial charge in [0.05, 0.1) is 17.8 Å². The standard InChI is InChI=1S/C25H19F2N3O2/c1-15-9-10-18(32-15)13-22-25(31)30-14-23(19-7-2-3-8-20(19)27)28-21(24(30)29-22)12-16-5-4-6-17(26)11-16/h2-11,14,28H,12-13H2,1H3. The molecule has 5 nitrogen and oxygen atoms in total. The highest BCUT2D eigenvalue weighted by Gasteiger charge is 2.22. The molecule has 0 aliphatic carbocycles. The number of halogens is 2. The SMILES string of the molecule is Cc1ccc(Cc2nc3c(Cc4cccc(F)c4)[nH]c(-c4ccccc4F)cn-3c2=O)o1.